The van der Waals surface area contributed by atoms with Crippen LogP contribution in [0.15, 0.2) is 24.3 Å². The predicted molar refractivity (Wildman–Crippen MR) is 95.4 cm³/mol. The molecule has 0 saturated carbocycles. The molecule has 0 bridgehead atoms. The molecule has 1 aliphatic rings. The number of hydrogen-bond acceptors (Lipinski definition) is 4. The number of carbonyl (C=O) groups is 3. The number of nitrogens with two attached hydrogens (primary N) is 1. The Labute approximate surface area is 163 Å². The number of benzene rings is 1. The maximum atomic E-state index is 12.9. The van der Waals surface area contributed by atoms with Crippen molar-refractivity contribution >= 4 is 23.4 Å². The van der Waals surface area contributed by atoms with Crippen molar-refractivity contribution in [3.8, 4) is 0 Å². The molecule has 1 fully saturated rings. The van der Waals surface area contributed by atoms with E-state index < -0.39 is 29.5 Å². The molecule has 1 atom stereocenters. The normalized spacial score (nSPS) is 16.9. The summed E-state index contributed by atoms with van der Waals surface area (Å²) in [6, 6.07) is 4.70. The van der Waals surface area contributed by atoms with Crippen LogP contribution in [0.5, 0.6) is 0 Å². The molecule has 8 nitrogen and oxygen atoms in total. The monoisotopic (exact) mass is 409 g/mol. The summed E-state index contributed by atoms with van der Waals surface area (Å²) < 4.78 is 38.6. The van der Waals surface area contributed by atoms with E-state index in [2.05, 4.69) is 15.5 Å². The van der Waals surface area contributed by atoms with Crippen molar-refractivity contribution in [2.45, 2.75) is 26.1 Å². The maximum absolute atomic E-state index is 12.9. The fraction of sp³-hybridized carbons (Fsp3) is 0.333. The van der Waals surface area contributed by atoms with Gasteiger partial charge in [0.25, 0.3) is 5.91 Å². The Kier molecular flexibility index (Phi) is 5.31. The molecule has 1 aromatic carbocycles. The minimum atomic E-state index is -4.48. The fourth-order valence-corrected chi connectivity index (χ4v) is 3.15. The van der Waals surface area contributed by atoms with Gasteiger partial charge in [-0.25, -0.2) is 0 Å². The van der Waals surface area contributed by atoms with E-state index in [0.717, 1.165) is 12.1 Å². The van der Waals surface area contributed by atoms with Crippen LogP contribution in [0.4, 0.5) is 18.9 Å². The van der Waals surface area contributed by atoms with Crippen LogP contribution in [-0.4, -0.2) is 39.4 Å². The lowest BCUT2D eigenvalue weighted by molar-refractivity contribution is -0.137. The Morgan fingerprint density at radius 2 is 2.10 bits per heavy atom. The van der Waals surface area contributed by atoms with Crippen molar-refractivity contribution in [2.75, 3.05) is 11.9 Å². The zero-order valence-electron chi connectivity index (χ0n) is 15.3. The molecule has 3 rings (SSSR count). The van der Waals surface area contributed by atoms with Crippen molar-refractivity contribution in [1.82, 2.24) is 15.1 Å². The van der Waals surface area contributed by atoms with Crippen LogP contribution in [0.25, 0.3) is 0 Å². The number of anilines is 1. The van der Waals surface area contributed by atoms with E-state index in [9.17, 15) is 27.6 Å². The van der Waals surface area contributed by atoms with Crippen molar-refractivity contribution in [1.29, 1.82) is 0 Å². The van der Waals surface area contributed by atoms with Crippen LogP contribution in [0.3, 0.4) is 0 Å². The Morgan fingerprint density at radius 3 is 2.76 bits per heavy atom. The number of amides is 3. The summed E-state index contributed by atoms with van der Waals surface area (Å²) in [7, 11) is 0. The van der Waals surface area contributed by atoms with Crippen molar-refractivity contribution < 1.29 is 27.6 Å². The van der Waals surface area contributed by atoms with Crippen LogP contribution in [0.2, 0.25) is 0 Å². The molecule has 2 heterocycles. The van der Waals surface area contributed by atoms with Gasteiger partial charge in [0.2, 0.25) is 11.8 Å². The SMILES string of the molecule is Cc1[nH]nc(C(N)=O)c1NC(=O)C1CC(=O)N(Cc2cccc(C(F)(F)F)c2)C1. The minimum absolute atomic E-state index is 0.0379. The standard InChI is InChI=1S/C18H18F3N5O3/c1-9-14(15(16(22)28)25-24-9)23-17(29)11-6-13(27)26(8-11)7-10-3-2-4-12(5-10)18(19,20)21/h2-5,11H,6-8H2,1H3,(H2,22,28)(H,23,29)(H,24,25). The quantitative estimate of drug-likeness (QED) is 0.697. The number of rotatable bonds is 5. The summed E-state index contributed by atoms with van der Waals surface area (Å²) in [5.74, 6) is -2.39. The molecule has 1 aromatic heterocycles. The number of aryl methyl sites for hydroxylation is 1. The highest BCUT2D eigenvalue weighted by atomic mass is 19.4. The van der Waals surface area contributed by atoms with Crippen molar-refractivity contribution in [2.24, 2.45) is 11.7 Å². The number of aromatic amines is 1. The van der Waals surface area contributed by atoms with Crippen LogP contribution in [-0.2, 0) is 22.3 Å². The van der Waals surface area contributed by atoms with Gasteiger partial charge in [-0.05, 0) is 24.6 Å². The number of primary amides is 1. The molecule has 1 unspecified atom stereocenters. The highest BCUT2D eigenvalue weighted by Gasteiger charge is 2.36. The van der Waals surface area contributed by atoms with E-state index in [4.69, 9.17) is 5.73 Å². The number of H-pyrrole nitrogens is 1. The lowest BCUT2D eigenvalue weighted by atomic mass is 10.1. The second kappa shape index (κ2) is 7.57. The Hall–Kier alpha value is -3.37. The van der Waals surface area contributed by atoms with Gasteiger partial charge >= 0.3 is 6.18 Å². The van der Waals surface area contributed by atoms with E-state index in [1.807, 2.05) is 0 Å². The first-order chi connectivity index (χ1) is 13.6. The first-order valence-corrected chi connectivity index (χ1v) is 8.65. The number of nitrogens with one attached hydrogen (secondary N) is 2. The summed E-state index contributed by atoms with van der Waals surface area (Å²) >= 11 is 0. The van der Waals surface area contributed by atoms with Crippen LogP contribution >= 0.6 is 0 Å². The second-order valence-electron chi connectivity index (χ2n) is 6.80. The van der Waals surface area contributed by atoms with E-state index in [1.165, 1.54) is 17.0 Å². The molecule has 1 saturated heterocycles. The van der Waals surface area contributed by atoms with Crippen molar-refractivity contribution in [3.63, 3.8) is 0 Å². The predicted octanol–water partition coefficient (Wildman–Crippen LogP) is 1.82. The molecule has 0 spiro atoms. The number of aromatic nitrogens is 2. The minimum Gasteiger partial charge on any atom is -0.364 e. The number of carbonyl (C=O) groups excluding carboxylic acids is 3. The molecule has 2 aromatic rings. The molecular weight excluding hydrogens is 391 g/mol. The van der Waals surface area contributed by atoms with Crippen molar-refractivity contribution in [3.05, 3.63) is 46.8 Å². The van der Waals surface area contributed by atoms with E-state index in [0.29, 0.717) is 11.3 Å². The van der Waals surface area contributed by atoms with Crippen LogP contribution in [0, 0.1) is 12.8 Å². The summed E-state index contributed by atoms with van der Waals surface area (Å²) in [4.78, 5) is 37.5. The van der Waals surface area contributed by atoms with E-state index in [-0.39, 0.29) is 36.8 Å². The third kappa shape index (κ3) is 4.39. The van der Waals surface area contributed by atoms with Crippen LogP contribution < -0.4 is 11.1 Å². The molecule has 1 aliphatic heterocycles. The molecule has 3 amide bonds. The number of likely N-dealkylation sites (tertiary alicyclic amines) is 1. The summed E-state index contributed by atoms with van der Waals surface area (Å²) in [5, 5.41) is 8.83. The fourth-order valence-electron chi connectivity index (χ4n) is 3.15. The zero-order chi connectivity index (χ0) is 21.3. The average Bonchev–Trinajstić information content (AvgIpc) is 3.18. The molecular formula is C18H18F3N5O3. The van der Waals surface area contributed by atoms with Gasteiger partial charge in [0.15, 0.2) is 5.69 Å². The van der Waals surface area contributed by atoms with Crippen LogP contribution in [0.1, 0.15) is 33.7 Å². The van der Waals surface area contributed by atoms with Gasteiger partial charge in [-0.2, -0.15) is 18.3 Å². The third-order valence-corrected chi connectivity index (χ3v) is 4.64. The van der Waals surface area contributed by atoms with Gasteiger partial charge < -0.3 is 16.0 Å². The Bertz CT molecular complexity index is 970. The van der Waals surface area contributed by atoms with Gasteiger partial charge in [-0.15, -0.1) is 0 Å². The van der Waals surface area contributed by atoms with Gasteiger partial charge in [0.1, 0.15) is 0 Å². The first kappa shape index (κ1) is 20.4. The molecule has 29 heavy (non-hydrogen) atoms. The zero-order valence-corrected chi connectivity index (χ0v) is 15.3. The van der Waals surface area contributed by atoms with Gasteiger partial charge in [0.05, 0.1) is 22.9 Å². The van der Waals surface area contributed by atoms with Gasteiger partial charge in [-0.3, -0.25) is 19.5 Å². The third-order valence-electron chi connectivity index (χ3n) is 4.64. The average molecular weight is 409 g/mol. The smallest absolute Gasteiger partial charge is 0.364 e. The Balaban J connectivity index is 1.68. The topological polar surface area (TPSA) is 121 Å². The second-order valence-corrected chi connectivity index (χ2v) is 6.80. The van der Waals surface area contributed by atoms with Gasteiger partial charge in [0, 0.05) is 19.5 Å². The molecule has 0 radical (unpaired) electrons. The van der Waals surface area contributed by atoms with Gasteiger partial charge in [-0.1, -0.05) is 12.1 Å². The lowest BCUT2D eigenvalue weighted by Gasteiger charge is -2.17. The molecule has 154 valence electrons. The summed E-state index contributed by atoms with van der Waals surface area (Å²) in [5.41, 5.74) is 5.18. The first-order valence-electron chi connectivity index (χ1n) is 8.65. The maximum Gasteiger partial charge on any atom is 0.416 e. The summed E-state index contributed by atoms with van der Waals surface area (Å²) in [6.45, 7) is 1.60. The van der Waals surface area contributed by atoms with E-state index >= 15 is 0 Å². The van der Waals surface area contributed by atoms with E-state index in [1.54, 1.807) is 6.92 Å². The number of alkyl halides is 3. The number of hydrogen-bond donors (Lipinski definition) is 3. The highest BCUT2D eigenvalue weighted by Crippen LogP contribution is 2.30. The summed E-state index contributed by atoms with van der Waals surface area (Å²) in [6.07, 6.45) is -4.57. The molecule has 4 N–H and O–H groups in total. The molecule has 11 heteroatoms. The largest absolute Gasteiger partial charge is 0.416 e. The Morgan fingerprint density at radius 1 is 1.38 bits per heavy atom. The molecule has 0 aliphatic carbocycles. The highest BCUT2D eigenvalue weighted by molar-refractivity contribution is 6.04. The number of halogens is 3. The lowest BCUT2D eigenvalue weighted by Crippen LogP contribution is -2.28. The number of nitrogens with zero attached hydrogens (tertiary/aromatic N) is 2.